The van der Waals surface area contributed by atoms with Gasteiger partial charge in [0.25, 0.3) is 0 Å². The second-order valence-corrected chi connectivity index (χ2v) is 6.07. The van der Waals surface area contributed by atoms with E-state index in [-0.39, 0.29) is 12.5 Å². The fraction of sp³-hybridized carbons (Fsp3) is 0.556. The quantitative estimate of drug-likeness (QED) is 0.663. The zero-order chi connectivity index (χ0) is 18.1. The summed E-state index contributed by atoms with van der Waals surface area (Å²) in [6.07, 6.45) is 1.11. The van der Waals surface area contributed by atoms with Crippen molar-refractivity contribution in [3.05, 3.63) is 35.9 Å². The molecular formula is C18H26N2O5. The number of hydrogen-bond acceptors (Lipinski definition) is 5. The lowest BCUT2D eigenvalue weighted by atomic mass is 10.1. The van der Waals surface area contributed by atoms with Gasteiger partial charge in [0.1, 0.15) is 12.6 Å². The van der Waals surface area contributed by atoms with Gasteiger partial charge in [-0.05, 0) is 18.4 Å². The first-order chi connectivity index (χ1) is 12.1. The number of benzene rings is 1. The van der Waals surface area contributed by atoms with E-state index in [9.17, 15) is 14.7 Å². The molecule has 0 spiro atoms. The van der Waals surface area contributed by atoms with Crippen LogP contribution in [-0.2, 0) is 20.9 Å². The number of unbranched alkanes of at least 4 members (excludes halogenated alkanes) is 1. The topological polar surface area (TPSA) is 96.9 Å². The molecular weight excluding hydrogens is 324 g/mol. The molecule has 2 unspecified atom stereocenters. The van der Waals surface area contributed by atoms with Gasteiger partial charge in [-0.3, -0.25) is 4.79 Å². The van der Waals surface area contributed by atoms with E-state index >= 15 is 0 Å². The Bertz CT molecular complexity index is 552. The maximum atomic E-state index is 12.4. The molecule has 1 aliphatic rings. The molecule has 0 aromatic heterocycles. The van der Waals surface area contributed by atoms with Crippen LogP contribution in [0.2, 0.25) is 0 Å². The van der Waals surface area contributed by atoms with Crippen LogP contribution in [0.5, 0.6) is 0 Å². The molecule has 7 heteroatoms. The van der Waals surface area contributed by atoms with Gasteiger partial charge in [0, 0.05) is 0 Å². The van der Waals surface area contributed by atoms with Gasteiger partial charge in [-0.2, -0.15) is 0 Å². The third-order valence-corrected chi connectivity index (χ3v) is 4.06. The lowest BCUT2D eigenvalue weighted by Crippen LogP contribution is -2.51. The lowest BCUT2D eigenvalue weighted by Gasteiger charge is -2.21. The van der Waals surface area contributed by atoms with Crippen LogP contribution >= 0.6 is 0 Å². The molecule has 3 N–H and O–H groups in total. The number of aliphatic hydroxyl groups excluding tert-OH is 1. The van der Waals surface area contributed by atoms with Crippen molar-refractivity contribution >= 4 is 12.0 Å². The molecule has 0 radical (unpaired) electrons. The zero-order valence-electron chi connectivity index (χ0n) is 14.4. The summed E-state index contributed by atoms with van der Waals surface area (Å²) in [7, 11) is 0. The Labute approximate surface area is 147 Å². The van der Waals surface area contributed by atoms with Crippen LogP contribution < -0.4 is 10.6 Å². The first kappa shape index (κ1) is 19.2. The smallest absolute Gasteiger partial charge is 0.408 e. The second-order valence-electron chi connectivity index (χ2n) is 6.07. The molecule has 1 aliphatic heterocycles. The first-order valence-electron chi connectivity index (χ1n) is 8.67. The Morgan fingerprint density at radius 2 is 2.12 bits per heavy atom. The van der Waals surface area contributed by atoms with Gasteiger partial charge in [-0.15, -0.1) is 0 Å². The molecule has 1 aromatic rings. The largest absolute Gasteiger partial charge is 0.445 e. The number of carbonyl (C=O) groups is 2. The van der Waals surface area contributed by atoms with E-state index in [1.165, 1.54) is 0 Å². The number of aliphatic hydroxyl groups is 1. The third-order valence-electron chi connectivity index (χ3n) is 4.06. The Morgan fingerprint density at radius 1 is 1.36 bits per heavy atom. The lowest BCUT2D eigenvalue weighted by molar-refractivity contribution is -0.127. The molecule has 138 valence electrons. The van der Waals surface area contributed by atoms with Crippen molar-refractivity contribution in [3.63, 3.8) is 0 Å². The number of nitrogens with one attached hydrogen (secondary N) is 2. The van der Waals surface area contributed by atoms with Crippen molar-refractivity contribution in [1.82, 2.24) is 10.6 Å². The molecule has 2 amide bonds. The number of rotatable bonds is 8. The van der Waals surface area contributed by atoms with Gasteiger partial charge in [0.15, 0.2) is 6.29 Å². The summed E-state index contributed by atoms with van der Waals surface area (Å²) in [5, 5.41) is 15.0. The average Bonchev–Trinajstić information content (AvgIpc) is 3.02. The standard InChI is InChI=1S/C18H26N2O5/c1-2-3-9-14(16(21)19-15-10-11-24-17(15)22)20-18(23)25-12-13-7-5-4-6-8-13/h4-8,14-15,17,22H,2-3,9-12H2,1H3,(H,19,21)(H,20,23)/t14?,15-,17?/m0/s1. The van der Waals surface area contributed by atoms with E-state index in [1.807, 2.05) is 37.3 Å². The highest BCUT2D eigenvalue weighted by Gasteiger charge is 2.30. The van der Waals surface area contributed by atoms with E-state index in [2.05, 4.69) is 10.6 Å². The highest BCUT2D eigenvalue weighted by Crippen LogP contribution is 2.12. The SMILES string of the molecule is CCCCC(NC(=O)OCc1ccccc1)C(=O)N[C@H]1CCOC1O. The third kappa shape index (κ3) is 6.36. The zero-order valence-corrected chi connectivity index (χ0v) is 14.4. The second kappa shape index (κ2) is 10.0. The Balaban J connectivity index is 1.85. The van der Waals surface area contributed by atoms with Crippen LogP contribution in [0.15, 0.2) is 30.3 Å². The monoisotopic (exact) mass is 350 g/mol. The van der Waals surface area contributed by atoms with Crippen LogP contribution in [0.4, 0.5) is 4.79 Å². The normalized spacial score (nSPS) is 20.7. The van der Waals surface area contributed by atoms with Gasteiger partial charge in [-0.1, -0.05) is 50.1 Å². The molecule has 25 heavy (non-hydrogen) atoms. The predicted molar refractivity (Wildman–Crippen MR) is 91.6 cm³/mol. The molecule has 0 saturated carbocycles. The maximum Gasteiger partial charge on any atom is 0.408 e. The average molecular weight is 350 g/mol. The Kier molecular flexibility index (Phi) is 7.69. The highest BCUT2D eigenvalue weighted by atomic mass is 16.6. The van der Waals surface area contributed by atoms with Crippen molar-refractivity contribution < 1.29 is 24.2 Å². The highest BCUT2D eigenvalue weighted by molar-refractivity contribution is 5.85. The van der Waals surface area contributed by atoms with Crippen LogP contribution in [-0.4, -0.2) is 42.1 Å². The minimum absolute atomic E-state index is 0.143. The number of alkyl carbamates (subject to hydrolysis) is 1. The van der Waals surface area contributed by atoms with Crippen molar-refractivity contribution in [3.8, 4) is 0 Å². The van der Waals surface area contributed by atoms with Crippen molar-refractivity contribution in [2.75, 3.05) is 6.61 Å². The minimum atomic E-state index is -0.999. The summed E-state index contributed by atoms with van der Waals surface area (Å²) < 4.78 is 10.2. The minimum Gasteiger partial charge on any atom is -0.445 e. The molecule has 0 bridgehead atoms. The first-order valence-corrected chi connectivity index (χ1v) is 8.67. The van der Waals surface area contributed by atoms with E-state index in [0.29, 0.717) is 19.4 Å². The molecule has 1 aromatic carbocycles. The summed E-state index contributed by atoms with van der Waals surface area (Å²) in [5.41, 5.74) is 0.874. The summed E-state index contributed by atoms with van der Waals surface area (Å²) in [4.78, 5) is 24.4. The number of amides is 2. The summed E-state index contributed by atoms with van der Waals surface area (Å²) >= 11 is 0. The van der Waals surface area contributed by atoms with Crippen LogP contribution in [0.3, 0.4) is 0 Å². The fourth-order valence-electron chi connectivity index (χ4n) is 2.59. The summed E-state index contributed by atoms with van der Waals surface area (Å²) in [5.74, 6) is -0.334. The molecule has 2 rings (SSSR count). The number of carbonyl (C=O) groups excluding carboxylic acids is 2. The van der Waals surface area contributed by atoms with Gasteiger partial charge in [-0.25, -0.2) is 4.79 Å². The van der Waals surface area contributed by atoms with Crippen molar-refractivity contribution in [2.45, 2.75) is 57.6 Å². The van der Waals surface area contributed by atoms with Crippen LogP contribution in [0.1, 0.15) is 38.2 Å². The Morgan fingerprint density at radius 3 is 2.76 bits per heavy atom. The molecule has 7 nitrogen and oxygen atoms in total. The van der Waals surface area contributed by atoms with E-state index in [4.69, 9.17) is 9.47 Å². The fourth-order valence-corrected chi connectivity index (χ4v) is 2.59. The van der Waals surface area contributed by atoms with Gasteiger partial charge < -0.3 is 25.2 Å². The molecule has 3 atom stereocenters. The van der Waals surface area contributed by atoms with E-state index in [1.54, 1.807) is 0 Å². The van der Waals surface area contributed by atoms with E-state index < -0.39 is 24.5 Å². The predicted octanol–water partition coefficient (Wildman–Crippen LogP) is 1.70. The number of hydrogen-bond donors (Lipinski definition) is 3. The molecule has 1 fully saturated rings. The van der Waals surface area contributed by atoms with Gasteiger partial charge in [0.2, 0.25) is 5.91 Å². The van der Waals surface area contributed by atoms with E-state index in [0.717, 1.165) is 18.4 Å². The summed E-state index contributed by atoms with van der Waals surface area (Å²) in [6.45, 7) is 2.56. The van der Waals surface area contributed by atoms with Crippen molar-refractivity contribution in [1.29, 1.82) is 0 Å². The van der Waals surface area contributed by atoms with Gasteiger partial charge >= 0.3 is 6.09 Å². The van der Waals surface area contributed by atoms with Crippen LogP contribution in [0.25, 0.3) is 0 Å². The molecule has 0 aliphatic carbocycles. The molecule has 1 heterocycles. The molecule has 1 saturated heterocycles. The summed E-state index contributed by atoms with van der Waals surface area (Å²) in [6, 6.07) is 8.18. The number of ether oxygens (including phenoxy) is 2. The Hall–Kier alpha value is -2.12. The van der Waals surface area contributed by atoms with Gasteiger partial charge in [0.05, 0.1) is 12.6 Å². The van der Waals surface area contributed by atoms with Crippen LogP contribution in [0, 0.1) is 0 Å². The maximum absolute atomic E-state index is 12.4. The van der Waals surface area contributed by atoms with Crippen molar-refractivity contribution in [2.24, 2.45) is 0 Å².